The first-order chi connectivity index (χ1) is 9.81. The van der Waals surface area contributed by atoms with Crippen molar-refractivity contribution in [1.82, 2.24) is 14.7 Å². The Morgan fingerprint density at radius 3 is 2.24 bits per heavy atom. The number of benzene rings is 1. The Labute approximate surface area is 125 Å². The van der Waals surface area contributed by atoms with Crippen LogP contribution in [0.3, 0.4) is 0 Å². The first-order valence-electron chi connectivity index (χ1n) is 5.75. The smallest absolute Gasteiger partial charge is 0.225 e. The van der Waals surface area contributed by atoms with Crippen LogP contribution in [-0.2, 0) is 10.0 Å². The summed E-state index contributed by atoms with van der Waals surface area (Å²) >= 11 is 5.47. The molecule has 0 fully saturated rings. The zero-order chi connectivity index (χ0) is 15.6. The quantitative estimate of drug-likeness (QED) is 0.872. The summed E-state index contributed by atoms with van der Waals surface area (Å²) in [6.45, 7) is 1.33. The summed E-state index contributed by atoms with van der Waals surface area (Å²) in [6, 6.07) is 2.19. The van der Waals surface area contributed by atoms with E-state index in [0.29, 0.717) is 0 Å². The molecule has 1 aromatic heterocycles. The lowest BCUT2D eigenvalue weighted by Gasteiger charge is -2.15. The molecule has 0 spiro atoms. The van der Waals surface area contributed by atoms with Crippen molar-refractivity contribution < 1.29 is 17.2 Å². The average molecular weight is 334 g/mol. The number of halogens is 3. The van der Waals surface area contributed by atoms with Gasteiger partial charge in [-0.15, -0.1) is 0 Å². The van der Waals surface area contributed by atoms with E-state index in [1.165, 1.54) is 13.0 Å². The SMILES string of the molecule is CC(NS(=O)(=O)c1cnc(Cl)nc1)c1c(F)cccc1F. The fraction of sp³-hybridized carbons (Fsp3) is 0.167. The van der Waals surface area contributed by atoms with Gasteiger partial charge in [0.2, 0.25) is 15.3 Å². The van der Waals surface area contributed by atoms with Crippen LogP contribution >= 0.6 is 11.6 Å². The Morgan fingerprint density at radius 1 is 1.19 bits per heavy atom. The number of sulfonamides is 1. The molecule has 0 aliphatic carbocycles. The number of rotatable bonds is 4. The van der Waals surface area contributed by atoms with Crippen LogP contribution < -0.4 is 4.72 Å². The topological polar surface area (TPSA) is 72.0 Å². The van der Waals surface area contributed by atoms with Gasteiger partial charge in [-0.05, 0) is 30.7 Å². The van der Waals surface area contributed by atoms with E-state index in [4.69, 9.17) is 11.6 Å². The lowest BCUT2D eigenvalue weighted by atomic mass is 10.1. The maximum atomic E-state index is 13.6. The highest BCUT2D eigenvalue weighted by atomic mass is 35.5. The van der Waals surface area contributed by atoms with Crippen LogP contribution in [0.5, 0.6) is 0 Å². The third-order valence-corrected chi connectivity index (χ3v) is 4.36. The van der Waals surface area contributed by atoms with Gasteiger partial charge in [-0.25, -0.2) is 31.9 Å². The van der Waals surface area contributed by atoms with Crippen molar-refractivity contribution in [3.8, 4) is 0 Å². The van der Waals surface area contributed by atoms with E-state index < -0.39 is 27.7 Å². The van der Waals surface area contributed by atoms with Crippen molar-refractivity contribution in [3.63, 3.8) is 0 Å². The van der Waals surface area contributed by atoms with Crippen LogP contribution in [0.15, 0.2) is 35.5 Å². The molecule has 0 radical (unpaired) electrons. The molecule has 1 atom stereocenters. The van der Waals surface area contributed by atoms with E-state index >= 15 is 0 Å². The zero-order valence-corrected chi connectivity index (χ0v) is 12.3. The third kappa shape index (κ3) is 3.52. The zero-order valence-electron chi connectivity index (χ0n) is 10.7. The molecule has 112 valence electrons. The predicted molar refractivity (Wildman–Crippen MR) is 72.1 cm³/mol. The summed E-state index contributed by atoms with van der Waals surface area (Å²) in [6.07, 6.45) is 2.00. The molecule has 0 saturated heterocycles. The molecule has 9 heteroatoms. The molecule has 1 unspecified atom stereocenters. The van der Waals surface area contributed by atoms with Gasteiger partial charge < -0.3 is 0 Å². The molecule has 2 rings (SSSR count). The molecule has 1 heterocycles. The van der Waals surface area contributed by atoms with Gasteiger partial charge in [0, 0.05) is 11.6 Å². The number of hydrogen-bond acceptors (Lipinski definition) is 4. The summed E-state index contributed by atoms with van der Waals surface area (Å²) in [7, 11) is -4.02. The van der Waals surface area contributed by atoms with E-state index in [9.17, 15) is 17.2 Å². The normalized spacial score (nSPS) is 13.1. The number of hydrogen-bond donors (Lipinski definition) is 1. The molecule has 0 aliphatic rings. The minimum atomic E-state index is -4.02. The molecule has 1 aromatic carbocycles. The fourth-order valence-electron chi connectivity index (χ4n) is 1.72. The summed E-state index contributed by atoms with van der Waals surface area (Å²) < 4.78 is 53.5. The summed E-state index contributed by atoms with van der Waals surface area (Å²) in [5, 5.41) is -0.109. The van der Waals surface area contributed by atoms with Crippen LogP contribution in [0.1, 0.15) is 18.5 Å². The van der Waals surface area contributed by atoms with E-state index in [-0.39, 0.29) is 15.7 Å². The second-order valence-corrected chi connectivity index (χ2v) is 6.22. The minimum absolute atomic E-state index is 0.109. The minimum Gasteiger partial charge on any atom is -0.225 e. The van der Waals surface area contributed by atoms with Gasteiger partial charge in [-0.1, -0.05) is 6.07 Å². The highest BCUT2D eigenvalue weighted by Gasteiger charge is 2.23. The predicted octanol–water partition coefficient (Wildman–Crippen LogP) is 2.45. The average Bonchev–Trinajstić information content (AvgIpc) is 2.38. The fourth-order valence-corrected chi connectivity index (χ4v) is 2.92. The standard InChI is InChI=1S/C12H10ClF2N3O2S/c1-7(11-9(14)3-2-4-10(11)15)18-21(19,20)8-5-16-12(13)17-6-8/h2-7,18H,1H3. The van der Waals surface area contributed by atoms with Gasteiger partial charge in [0.15, 0.2) is 0 Å². The molecule has 0 aliphatic heterocycles. The van der Waals surface area contributed by atoms with Crippen LogP contribution in [-0.4, -0.2) is 18.4 Å². The van der Waals surface area contributed by atoms with Gasteiger partial charge in [-0.3, -0.25) is 0 Å². The molecule has 0 amide bonds. The maximum absolute atomic E-state index is 13.6. The lowest BCUT2D eigenvalue weighted by Crippen LogP contribution is -2.28. The van der Waals surface area contributed by atoms with E-state index in [1.807, 2.05) is 0 Å². The Balaban J connectivity index is 2.30. The second-order valence-electron chi connectivity index (χ2n) is 4.17. The first kappa shape index (κ1) is 15.7. The second kappa shape index (κ2) is 6.00. The number of nitrogens with zero attached hydrogens (tertiary/aromatic N) is 2. The lowest BCUT2D eigenvalue weighted by molar-refractivity contribution is 0.514. The van der Waals surface area contributed by atoms with E-state index in [2.05, 4.69) is 14.7 Å². The molecule has 5 nitrogen and oxygen atoms in total. The largest absolute Gasteiger partial charge is 0.244 e. The van der Waals surface area contributed by atoms with E-state index in [1.54, 1.807) is 0 Å². The highest BCUT2D eigenvalue weighted by Crippen LogP contribution is 2.22. The van der Waals surface area contributed by atoms with Crippen LogP contribution in [0, 0.1) is 11.6 Å². The van der Waals surface area contributed by atoms with Crippen LogP contribution in [0.25, 0.3) is 0 Å². The van der Waals surface area contributed by atoms with Gasteiger partial charge in [0.25, 0.3) is 0 Å². The molecule has 21 heavy (non-hydrogen) atoms. The van der Waals surface area contributed by atoms with Crippen LogP contribution in [0.4, 0.5) is 8.78 Å². The summed E-state index contributed by atoms with van der Waals surface area (Å²) in [5.41, 5.74) is -0.365. The molecular weight excluding hydrogens is 324 g/mol. The van der Waals surface area contributed by atoms with Crippen molar-refractivity contribution in [2.75, 3.05) is 0 Å². The molecule has 1 N–H and O–H groups in total. The Kier molecular flexibility index (Phi) is 4.50. The van der Waals surface area contributed by atoms with Crippen molar-refractivity contribution in [1.29, 1.82) is 0 Å². The van der Waals surface area contributed by atoms with Gasteiger partial charge in [0.1, 0.15) is 16.5 Å². The Hall–Kier alpha value is -1.64. The van der Waals surface area contributed by atoms with Crippen molar-refractivity contribution >= 4 is 21.6 Å². The molecule has 0 saturated carbocycles. The number of nitrogens with one attached hydrogen (secondary N) is 1. The van der Waals surface area contributed by atoms with Gasteiger partial charge >= 0.3 is 0 Å². The Morgan fingerprint density at radius 2 is 1.71 bits per heavy atom. The van der Waals surface area contributed by atoms with Gasteiger partial charge in [-0.2, -0.15) is 0 Å². The Bertz CT molecular complexity index is 733. The van der Waals surface area contributed by atoms with Crippen molar-refractivity contribution in [3.05, 3.63) is 53.1 Å². The highest BCUT2D eigenvalue weighted by molar-refractivity contribution is 7.89. The first-order valence-corrected chi connectivity index (χ1v) is 7.61. The van der Waals surface area contributed by atoms with E-state index in [0.717, 1.165) is 24.5 Å². The molecular formula is C12H10ClF2N3O2S. The number of aromatic nitrogens is 2. The van der Waals surface area contributed by atoms with Crippen molar-refractivity contribution in [2.24, 2.45) is 0 Å². The molecule has 2 aromatic rings. The third-order valence-electron chi connectivity index (χ3n) is 2.67. The maximum Gasteiger partial charge on any atom is 0.244 e. The monoisotopic (exact) mass is 333 g/mol. The summed E-state index contributed by atoms with van der Waals surface area (Å²) in [4.78, 5) is 6.84. The molecule has 0 bridgehead atoms. The van der Waals surface area contributed by atoms with Crippen molar-refractivity contribution in [2.45, 2.75) is 17.9 Å². The van der Waals surface area contributed by atoms with Gasteiger partial charge in [0.05, 0.1) is 12.4 Å². The van der Waals surface area contributed by atoms with Crippen LogP contribution in [0.2, 0.25) is 5.28 Å². The summed E-state index contributed by atoms with van der Waals surface area (Å²) in [5.74, 6) is -1.67.